The van der Waals surface area contributed by atoms with Gasteiger partial charge in [0, 0.05) is 18.6 Å². The molecular weight excluding hydrogens is 248 g/mol. The summed E-state index contributed by atoms with van der Waals surface area (Å²) >= 11 is 0. The Morgan fingerprint density at radius 3 is 2.90 bits per heavy atom. The van der Waals surface area contributed by atoms with Crippen LogP contribution in [0.15, 0.2) is 24.3 Å². The van der Waals surface area contributed by atoms with Crippen molar-refractivity contribution >= 4 is 0 Å². The van der Waals surface area contributed by atoms with Crippen LogP contribution in [-0.4, -0.2) is 35.7 Å². The second kappa shape index (κ2) is 7.09. The summed E-state index contributed by atoms with van der Waals surface area (Å²) in [7, 11) is 0. The Kier molecular flexibility index (Phi) is 5.44. The molecule has 0 amide bonds. The minimum atomic E-state index is 0.272. The van der Waals surface area contributed by atoms with Gasteiger partial charge in [-0.1, -0.05) is 19.1 Å². The van der Waals surface area contributed by atoms with E-state index < -0.39 is 0 Å². The summed E-state index contributed by atoms with van der Waals surface area (Å²) in [4.78, 5) is 2.55. The van der Waals surface area contributed by atoms with Crippen LogP contribution in [0.3, 0.4) is 0 Å². The predicted molar refractivity (Wildman–Crippen MR) is 84.0 cm³/mol. The first-order valence-electron chi connectivity index (χ1n) is 7.87. The van der Waals surface area contributed by atoms with Gasteiger partial charge in [-0.25, -0.2) is 0 Å². The van der Waals surface area contributed by atoms with E-state index in [0.29, 0.717) is 11.8 Å². The molecule has 3 heteroatoms. The maximum atomic E-state index is 9.58. The number of nitrogens with one attached hydrogen (secondary N) is 1. The van der Waals surface area contributed by atoms with Crippen LogP contribution in [0.4, 0.5) is 0 Å². The van der Waals surface area contributed by atoms with E-state index in [9.17, 15) is 5.11 Å². The fourth-order valence-corrected chi connectivity index (χ4v) is 3.21. The minimum Gasteiger partial charge on any atom is -0.508 e. The van der Waals surface area contributed by atoms with E-state index in [4.69, 9.17) is 0 Å². The molecule has 3 nitrogen and oxygen atoms in total. The molecule has 0 radical (unpaired) electrons. The summed E-state index contributed by atoms with van der Waals surface area (Å²) in [6, 6.07) is 8.33. The van der Waals surface area contributed by atoms with Crippen LogP contribution in [0.2, 0.25) is 0 Å². The van der Waals surface area contributed by atoms with Crippen LogP contribution in [0, 0.1) is 5.92 Å². The molecule has 1 aliphatic rings. The van der Waals surface area contributed by atoms with Crippen molar-refractivity contribution in [3.63, 3.8) is 0 Å². The van der Waals surface area contributed by atoms with Crippen molar-refractivity contribution in [3.05, 3.63) is 29.8 Å². The first-order chi connectivity index (χ1) is 9.60. The molecule has 20 heavy (non-hydrogen) atoms. The van der Waals surface area contributed by atoms with E-state index in [0.717, 1.165) is 18.0 Å². The van der Waals surface area contributed by atoms with Crippen LogP contribution in [0.25, 0.3) is 0 Å². The highest BCUT2D eigenvalue weighted by Gasteiger charge is 2.24. The molecule has 2 rings (SSSR count). The molecule has 3 unspecified atom stereocenters. The van der Waals surface area contributed by atoms with Gasteiger partial charge in [0.1, 0.15) is 5.75 Å². The molecule has 1 aromatic rings. The molecule has 0 aliphatic carbocycles. The Morgan fingerprint density at radius 2 is 2.20 bits per heavy atom. The SMILES string of the molecule is CCN1CCCC(C(C)NC(C)c2cccc(O)c2)C1. The topological polar surface area (TPSA) is 35.5 Å². The lowest BCUT2D eigenvalue weighted by Gasteiger charge is -2.36. The third-order valence-electron chi connectivity index (χ3n) is 4.58. The molecule has 1 aromatic carbocycles. The second-order valence-corrected chi connectivity index (χ2v) is 6.07. The molecule has 112 valence electrons. The van der Waals surface area contributed by atoms with Gasteiger partial charge < -0.3 is 15.3 Å². The largest absolute Gasteiger partial charge is 0.508 e. The minimum absolute atomic E-state index is 0.272. The maximum absolute atomic E-state index is 9.58. The monoisotopic (exact) mass is 276 g/mol. The predicted octanol–water partition coefficient (Wildman–Crippen LogP) is 3.16. The summed E-state index contributed by atoms with van der Waals surface area (Å²) < 4.78 is 0. The maximum Gasteiger partial charge on any atom is 0.115 e. The van der Waals surface area contributed by atoms with E-state index in [1.165, 1.54) is 25.9 Å². The van der Waals surface area contributed by atoms with Crippen LogP contribution < -0.4 is 5.32 Å². The van der Waals surface area contributed by atoms with E-state index in [-0.39, 0.29) is 6.04 Å². The highest BCUT2D eigenvalue weighted by Crippen LogP contribution is 2.23. The lowest BCUT2D eigenvalue weighted by molar-refractivity contribution is 0.153. The zero-order chi connectivity index (χ0) is 14.5. The van der Waals surface area contributed by atoms with Gasteiger partial charge >= 0.3 is 0 Å². The van der Waals surface area contributed by atoms with Gasteiger partial charge in [0.15, 0.2) is 0 Å². The number of aromatic hydroxyl groups is 1. The molecule has 0 saturated carbocycles. The highest BCUT2D eigenvalue weighted by atomic mass is 16.3. The number of hydrogen-bond donors (Lipinski definition) is 2. The zero-order valence-electron chi connectivity index (χ0n) is 13.0. The Balaban J connectivity index is 1.91. The van der Waals surface area contributed by atoms with Crippen molar-refractivity contribution in [2.45, 2.75) is 45.7 Å². The number of likely N-dealkylation sites (tertiary alicyclic amines) is 1. The van der Waals surface area contributed by atoms with Crippen molar-refractivity contribution in [2.75, 3.05) is 19.6 Å². The Morgan fingerprint density at radius 1 is 1.40 bits per heavy atom. The zero-order valence-corrected chi connectivity index (χ0v) is 13.0. The number of nitrogens with zero attached hydrogens (tertiary/aromatic N) is 1. The third kappa shape index (κ3) is 3.97. The first kappa shape index (κ1) is 15.3. The quantitative estimate of drug-likeness (QED) is 0.867. The van der Waals surface area contributed by atoms with Crippen molar-refractivity contribution in [2.24, 2.45) is 5.92 Å². The lowest BCUT2D eigenvalue weighted by atomic mass is 9.90. The summed E-state index contributed by atoms with van der Waals surface area (Å²) in [6.07, 6.45) is 2.63. The number of benzene rings is 1. The lowest BCUT2D eigenvalue weighted by Crippen LogP contribution is -2.44. The average Bonchev–Trinajstić information content (AvgIpc) is 2.47. The number of piperidine rings is 1. The van der Waals surface area contributed by atoms with Gasteiger partial charge in [0.2, 0.25) is 0 Å². The van der Waals surface area contributed by atoms with Crippen LogP contribution in [-0.2, 0) is 0 Å². The number of phenolic OH excluding ortho intramolecular Hbond substituents is 1. The molecular formula is C17H28N2O. The molecule has 1 fully saturated rings. The summed E-state index contributed by atoms with van der Waals surface area (Å²) in [5, 5.41) is 13.3. The highest BCUT2D eigenvalue weighted by molar-refractivity contribution is 5.29. The van der Waals surface area contributed by atoms with E-state index in [1.54, 1.807) is 6.07 Å². The Hall–Kier alpha value is -1.06. The van der Waals surface area contributed by atoms with Gasteiger partial charge in [0.25, 0.3) is 0 Å². The van der Waals surface area contributed by atoms with Crippen LogP contribution in [0.1, 0.15) is 45.2 Å². The smallest absolute Gasteiger partial charge is 0.115 e. The van der Waals surface area contributed by atoms with Gasteiger partial charge in [-0.2, -0.15) is 0 Å². The summed E-state index contributed by atoms with van der Waals surface area (Å²) in [5.74, 6) is 1.07. The molecule has 0 spiro atoms. The fourth-order valence-electron chi connectivity index (χ4n) is 3.21. The number of rotatable bonds is 5. The molecule has 1 saturated heterocycles. The summed E-state index contributed by atoms with van der Waals surface area (Å²) in [6.45, 7) is 10.3. The molecule has 1 heterocycles. The first-order valence-corrected chi connectivity index (χ1v) is 7.87. The normalized spacial score (nSPS) is 23.4. The molecule has 2 N–H and O–H groups in total. The number of hydrogen-bond acceptors (Lipinski definition) is 3. The second-order valence-electron chi connectivity index (χ2n) is 6.07. The van der Waals surface area contributed by atoms with Gasteiger partial charge in [-0.3, -0.25) is 0 Å². The van der Waals surface area contributed by atoms with E-state index in [2.05, 4.69) is 37.1 Å². The van der Waals surface area contributed by atoms with Crippen molar-refractivity contribution in [1.29, 1.82) is 0 Å². The Labute approximate surface area is 123 Å². The van der Waals surface area contributed by atoms with Crippen LogP contribution >= 0.6 is 0 Å². The Bertz CT molecular complexity index is 421. The molecule has 0 aromatic heterocycles. The number of phenols is 1. The van der Waals surface area contributed by atoms with Crippen molar-refractivity contribution in [1.82, 2.24) is 10.2 Å². The molecule has 1 aliphatic heterocycles. The van der Waals surface area contributed by atoms with Crippen molar-refractivity contribution in [3.8, 4) is 5.75 Å². The van der Waals surface area contributed by atoms with Gasteiger partial charge in [-0.05, 0) is 63.4 Å². The van der Waals surface area contributed by atoms with E-state index in [1.807, 2.05) is 12.1 Å². The molecule has 0 bridgehead atoms. The van der Waals surface area contributed by atoms with Gasteiger partial charge in [0.05, 0.1) is 0 Å². The summed E-state index contributed by atoms with van der Waals surface area (Å²) in [5.41, 5.74) is 1.15. The third-order valence-corrected chi connectivity index (χ3v) is 4.58. The average molecular weight is 276 g/mol. The standard InChI is InChI=1S/C17H28N2O/c1-4-19-10-6-8-16(12-19)14(3)18-13(2)15-7-5-9-17(20)11-15/h5,7,9,11,13-14,16,18,20H,4,6,8,10,12H2,1-3H3. The van der Waals surface area contributed by atoms with E-state index >= 15 is 0 Å². The van der Waals surface area contributed by atoms with Gasteiger partial charge in [-0.15, -0.1) is 0 Å². The molecule has 3 atom stereocenters. The fraction of sp³-hybridized carbons (Fsp3) is 0.647. The van der Waals surface area contributed by atoms with Crippen molar-refractivity contribution < 1.29 is 5.11 Å². The van der Waals surface area contributed by atoms with Crippen LogP contribution in [0.5, 0.6) is 5.75 Å².